The number of thioether (sulfide) groups is 1. The molecule has 1 aliphatic heterocycles. The highest BCUT2D eigenvalue weighted by molar-refractivity contribution is 8.15. The van der Waals surface area contributed by atoms with Gasteiger partial charge in [0.1, 0.15) is 10.9 Å². The van der Waals surface area contributed by atoms with Crippen molar-refractivity contribution in [3.8, 4) is 0 Å². The molecule has 0 radical (unpaired) electrons. The normalized spacial score (nSPS) is 20.9. The molecule has 4 rings (SSSR count). The summed E-state index contributed by atoms with van der Waals surface area (Å²) in [7, 11) is -3.61. The van der Waals surface area contributed by atoms with E-state index in [-0.39, 0.29) is 23.8 Å². The van der Waals surface area contributed by atoms with Crippen LogP contribution in [0.5, 0.6) is 0 Å². The zero-order valence-electron chi connectivity index (χ0n) is 17.6. The molecule has 170 valence electrons. The van der Waals surface area contributed by atoms with Crippen molar-refractivity contribution >= 4 is 32.7 Å². The summed E-state index contributed by atoms with van der Waals surface area (Å²) in [6, 6.07) is 15.7. The summed E-state index contributed by atoms with van der Waals surface area (Å²) in [5, 5.41) is 9.18. The van der Waals surface area contributed by atoms with Crippen molar-refractivity contribution in [1.82, 2.24) is 15.0 Å². The van der Waals surface area contributed by atoms with Gasteiger partial charge in [0.05, 0.1) is 12.3 Å². The third-order valence-corrected chi connectivity index (χ3v) is 8.05. The van der Waals surface area contributed by atoms with Crippen molar-refractivity contribution in [2.45, 2.75) is 30.7 Å². The molecule has 1 aliphatic carbocycles. The number of nitrogens with one attached hydrogen (secondary N) is 2. The fourth-order valence-electron chi connectivity index (χ4n) is 3.52. The van der Waals surface area contributed by atoms with E-state index >= 15 is 0 Å². The molecule has 1 atom stereocenters. The minimum Gasteiger partial charge on any atom is -0.313 e. The average Bonchev–Trinajstić information content (AvgIpc) is 3.51. The molecule has 2 aromatic rings. The van der Waals surface area contributed by atoms with Gasteiger partial charge in [0.15, 0.2) is 4.87 Å². The summed E-state index contributed by atoms with van der Waals surface area (Å²) in [6.07, 6.45) is 2.15. The first-order chi connectivity index (χ1) is 15.3. The molecule has 0 aromatic heterocycles. The largest absolute Gasteiger partial charge is 0.313 e. The third-order valence-electron chi connectivity index (χ3n) is 5.34. The molecule has 32 heavy (non-hydrogen) atoms. The lowest BCUT2D eigenvalue weighted by Crippen LogP contribution is -2.49. The highest BCUT2D eigenvalue weighted by atomic mass is 32.2. The van der Waals surface area contributed by atoms with E-state index in [0.29, 0.717) is 23.2 Å². The van der Waals surface area contributed by atoms with Gasteiger partial charge in [-0.3, -0.25) is 4.79 Å². The van der Waals surface area contributed by atoms with Gasteiger partial charge in [-0.25, -0.2) is 22.5 Å². The number of amides is 1. The van der Waals surface area contributed by atoms with Crippen molar-refractivity contribution in [2.75, 3.05) is 18.8 Å². The zero-order valence-corrected chi connectivity index (χ0v) is 19.3. The van der Waals surface area contributed by atoms with Crippen LogP contribution < -0.4 is 10.0 Å². The van der Waals surface area contributed by atoms with E-state index in [1.165, 1.54) is 29.8 Å². The Hall–Kier alpha value is -2.27. The molecule has 1 heterocycles. The fraction of sp³-hybridized carbons (Fsp3) is 0.364. The second kappa shape index (κ2) is 9.30. The molecule has 0 saturated heterocycles. The Morgan fingerprint density at radius 3 is 2.53 bits per heavy atom. The van der Waals surface area contributed by atoms with Crippen LogP contribution in [0.4, 0.5) is 4.39 Å². The van der Waals surface area contributed by atoms with E-state index in [1.54, 1.807) is 18.2 Å². The topological polar surface area (TPSA) is 90.9 Å². The predicted molar refractivity (Wildman–Crippen MR) is 124 cm³/mol. The SMILES string of the molecule is CC(=O)N1N=C(c2ccccc2F)SC1(CNS(=O)(=O)CCNC1CC1)c1ccccc1. The molecule has 1 unspecified atom stereocenters. The quantitative estimate of drug-likeness (QED) is 0.581. The minimum atomic E-state index is -3.61. The van der Waals surface area contributed by atoms with E-state index in [2.05, 4.69) is 15.1 Å². The van der Waals surface area contributed by atoms with Gasteiger partial charge in [-0.15, -0.1) is 0 Å². The first-order valence-electron chi connectivity index (χ1n) is 10.4. The number of hydrogen-bond acceptors (Lipinski definition) is 6. The average molecular weight is 477 g/mol. The number of hydrazone groups is 1. The summed E-state index contributed by atoms with van der Waals surface area (Å²) < 4.78 is 42.5. The Bertz CT molecular complexity index is 1120. The lowest BCUT2D eigenvalue weighted by atomic mass is 10.1. The van der Waals surface area contributed by atoms with E-state index in [0.717, 1.165) is 12.8 Å². The van der Waals surface area contributed by atoms with Gasteiger partial charge in [-0.1, -0.05) is 54.2 Å². The van der Waals surface area contributed by atoms with Crippen molar-refractivity contribution in [3.05, 3.63) is 71.5 Å². The van der Waals surface area contributed by atoms with E-state index in [4.69, 9.17) is 0 Å². The van der Waals surface area contributed by atoms with Crippen LogP contribution in [0.15, 0.2) is 59.7 Å². The smallest absolute Gasteiger partial charge is 0.241 e. The van der Waals surface area contributed by atoms with Crippen LogP contribution in [-0.2, 0) is 19.7 Å². The predicted octanol–water partition coefficient (Wildman–Crippen LogP) is 2.61. The number of nitrogens with zero attached hydrogens (tertiary/aromatic N) is 2. The van der Waals surface area contributed by atoms with Crippen LogP contribution in [0.3, 0.4) is 0 Å². The summed E-state index contributed by atoms with van der Waals surface area (Å²) in [6.45, 7) is 1.62. The number of halogens is 1. The van der Waals surface area contributed by atoms with Gasteiger partial charge in [0.25, 0.3) is 0 Å². The Labute approximate surface area is 191 Å². The number of hydrogen-bond donors (Lipinski definition) is 2. The molecule has 1 saturated carbocycles. The van der Waals surface area contributed by atoms with E-state index in [9.17, 15) is 17.6 Å². The highest BCUT2D eigenvalue weighted by Gasteiger charge is 2.48. The number of carbonyl (C=O) groups is 1. The first-order valence-corrected chi connectivity index (χ1v) is 12.9. The highest BCUT2D eigenvalue weighted by Crippen LogP contribution is 2.47. The molecule has 0 bridgehead atoms. The molecular weight excluding hydrogens is 451 g/mol. The van der Waals surface area contributed by atoms with Crippen LogP contribution in [0.25, 0.3) is 0 Å². The maximum atomic E-state index is 14.5. The number of carbonyl (C=O) groups excluding carboxylic acids is 1. The monoisotopic (exact) mass is 476 g/mol. The van der Waals surface area contributed by atoms with Crippen LogP contribution in [0, 0.1) is 5.82 Å². The zero-order chi connectivity index (χ0) is 22.8. The summed E-state index contributed by atoms with van der Waals surface area (Å²) in [5.41, 5.74) is 0.951. The lowest BCUT2D eigenvalue weighted by Gasteiger charge is -2.35. The van der Waals surface area contributed by atoms with Crippen LogP contribution >= 0.6 is 11.8 Å². The Morgan fingerprint density at radius 1 is 1.19 bits per heavy atom. The number of benzene rings is 2. The van der Waals surface area contributed by atoms with Gasteiger partial charge in [-0.2, -0.15) is 5.10 Å². The lowest BCUT2D eigenvalue weighted by molar-refractivity contribution is -0.132. The minimum absolute atomic E-state index is 0.0693. The van der Waals surface area contributed by atoms with Gasteiger partial charge in [0, 0.05) is 25.1 Å². The molecule has 2 aromatic carbocycles. The molecule has 0 spiro atoms. The summed E-state index contributed by atoms with van der Waals surface area (Å²) in [4.78, 5) is 11.4. The maximum absolute atomic E-state index is 14.5. The second-order valence-electron chi connectivity index (χ2n) is 7.84. The van der Waals surface area contributed by atoms with Crippen LogP contribution in [-0.4, -0.2) is 49.3 Å². The number of rotatable bonds is 9. The molecular formula is C22H25FN4O3S2. The second-order valence-corrected chi connectivity index (χ2v) is 11.0. The Balaban J connectivity index is 1.64. The summed E-state index contributed by atoms with van der Waals surface area (Å²) >= 11 is 1.17. The molecule has 2 N–H and O–H groups in total. The first kappa shape index (κ1) is 22.9. The molecule has 1 amide bonds. The maximum Gasteiger partial charge on any atom is 0.241 e. The molecule has 2 aliphatic rings. The van der Waals surface area contributed by atoms with Gasteiger partial charge in [-0.05, 0) is 30.5 Å². The number of sulfonamides is 1. The molecule has 7 nitrogen and oxygen atoms in total. The standard InChI is InChI=1S/C22H25FN4O3S2/c1-16(28)27-22(17-7-3-2-4-8-17,15-25-32(29,30)14-13-24-18-11-12-18)31-21(26-27)19-9-5-6-10-20(19)23/h2-10,18,24-25H,11-15H2,1H3. The van der Waals surface area contributed by atoms with Crippen LogP contribution in [0.2, 0.25) is 0 Å². The Morgan fingerprint density at radius 2 is 1.88 bits per heavy atom. The van der Waals surface area contributed by atoms with Crippen molar-refractivity contribution < 1.29 is 17.6 Å². The third kappa shape index (κ3) is 5.03. The van der Waals surface area contributed by atoms with Crippen molar-refractivity contribution in [2.24, 2.45) is 5.10 Å². The molecule has 10 heteroatoms. The van der Waals surface area contributed by atoms with Gasteiger partial charge in [0.2, 0.25) is 15.9 Å². The van der Waals surface area contributed by atoms with Crippen molar-refractivity contribution in [1.29, 1.82) is 0 Å². The molecule has 1 fully saturated rings. The van der Waals surface area contributed by atoms with E-state index in [1.807, 2.05) is 30.3 Å². The van der Waals surface area contributed by atoms with Gasteiger partial charge >= 0.3 is 0 Å². The van der Waals surface area contributed by atoms with Crippen molar-refractivity contribution in [3.63, 3.8) is 0 Å². The van der Waals surface area contributed by atoms with Gasteiger partial charge < -0.3 is 5.32 Å². The Kier molecular flexibility index (Phi) is 6.66. The fourth-order valence-corrected chi connectivity index (χ4v) is 5.94. The van der Waals surface area contributed by atoms with E-state index < -0.39 is 20.7 Å². The summed E-state index contributed by atoms with van der Waals surface area (Å²) in [5.74, 6) is -0.903. The van der Waals surface area contributed by atoms with Crippen LogP contribution in [0.1, 0.15) is 30.9 Å².